The molecular formula is C26H41N3O2. The van der Waals surface area contributed by atoms with E-state index in [2.05, 4.69) is 41.8 Å². The van der Waals surface area contributed by atoms with E-state index in [9.17, 15) is 4.79 Å². The molecule has 3 fully saturated rings. The van der Waals surface area contributed by atoms with Gasteiger partial charge in [0.15, 0.2) is 0 Å². The highest BCUT2D eigenvalue weighted by Gasteiger charge is 2.26. The molecule has 31 heavy (non-hydrogen) atoms. The molecule has 1 amide bonds. The molecule has 1 aromatic carbocycles. The maximum absolute atomic E-state index is 12.3. The quantitative estimate of drug-likeness (QED) is 0.454. The zero-order chi connectivity index (χ0) is 21.6. The lowest BCUT2D eigenvalue weighted by molar-refractivity contribution is -0.117. The lowest BCUT2D eigenvalue weighted by atomic mass is 10.1. The van der Waals surface area contributed by atoms with Crippen LogP contribution in [0.15, 0.2) is 18.2 Å². The van der Waals surface area contributed by atoms with Crippen molar-refractivity contribution in [2.45, 2.75) is 77.8 Å². The van der Waals surface area contributed by atoms with Gasteiger partial charge < -0.3 is 14.5 Å². The molecule has 1 saturated carbocycles. The highest BCUT2D eigenvalue weighted by atomic mass is 16.5. The fraction of sp³-hybridized carbons (Fsp3) is 0.731. The highest BCUT2D eigenvalue weighted by Crippen LogP contribution is 2.33. The highest BCUT2D eigenvalue weighted by molar-refractivity contribution is 5.95. The summed E-state index contributed by atoms with van der Waals surface area (Å²) in [5.74, 6) is 2.13. The van der Waals surface area contributed by atoms with Crippen LogP contribution in [0.5, 0.6) is 5.75 Å². The maximum atomic E-state index is 12.3. The van der Waals surface area contributed by atoms with E-state index < -0.39 is 0 Å². The molecule has 172 valence electrons. The number of benzene rings is 1. The van der Waals surface area contributed by atoms with Crippen LogP contribution in [0.1, 0.15) is 70.8 Å². The summed E-state index contributed by atoms with van der Waals surface area (Å²) in [5.41, 5.74) is 2.28. The van der Waals surface area contributed by atoms with E-state index in [1.54, 1.807) is 0 Å². The van der Waals surface area contributed by atoms with E-state index in [4.69, 9.17) is 4.74 Å². The van der Waals surface area contributed by atoms with Crippen molar-refractivity contribution in [3.05, 3.63) is 23.8 Å². The summed E-state index contributed by atoms with van der Waals surface area (Å²) in [7, 11) is 0. The lowest BCUT2D eigenvalue weighted by Gasteiger charge is -2.25. The van der Waals surface area contributed by atoms with Gasteiger partial charge in [0.2, 0.25) is 5.91 Å². The number of hydrogen-bond acceptors (Lipinski definition) is 4. The van der Waals surface area contributed by atoms with E-state index in [1.807, 2.05) is 4.90 Å². The summed E-state index contributed by atoms with van der Waals surface area (Å²) in [6.07, 6.45) is 9.28. The Kier molecular flexibility index (Phi) is 7.89. The summed E-state index contributed by atoms with van der Waals surface area (Å²) in [4.78, 5) is 19.4. The third kappa shape index (κ3) is 6.23. The SMILES string of the molecule is CCCN(Cc1cc(N2CCCC2=O)ccc1OCCCN1CCCC1C)CC1CC1. The molecule has 1 atom stereocenters. The van der Waals surface area contributed by atoms with Gasteiger partial charge in [0.1, 0.15) is 5.75 Å². The third-order valence-electron chi connectivity index (χ3n) is 7.11. The van der Waals surface area contributed by atoms with Crippen LogP contribution in [-0.4, -0.2) is 61.1 Å². The zero-order valence-electron chi connectivity index (χ0n) is 19.7. The molecule has 2 saturated heterocycles. The first kappa shape index (κ1) is 22.6. The summed E-state index contributed by atoms with van der Waals surface area (Å²) in [6.45, 7) is 11.8. The third-order valence-corrected chi connectivity index (χ3v) is 7.11. The molecule has 0 bridgehead atoms. The molecule has 1 aliphatic carbocycles. The molecule has 0 aromatic heterocycles. The zero-order valence-corrected chi connectivity index (χ0v) is 19.7. The minimum atomic E-state index is 0.253. The largest absolute Gasteiger partial charge is 0.493 e. The van der Waals surface area contributed by atoms with Gasteiger partial charge in [0.25, 0.3) is 0 Å². The number of carbonyl (C=O) groups excluding carboxylic acids is 1. The lowest BCUT2D eigenvalue weighted by Crippen LogP contribution is -2.29. The Morgan fingerprint density at radius 1 is 1.16 bits per heavy atom. The predicted octanol–water partition coefficient (Wildman–Crippen LogP) is 4.69. The topological polar surface area (TPSA) is 36.0 Å². The Bertz CT molecular complexity index is 733. The fourth-order valence-electron chi connectivity index (χ4n) is 5.15. The van der Waals surface area contributed by atoms with Crippen molar-refractivity contribution in [2.24, 2.45) is 5.92 Å². The summed E-state index contributed by atoms with van der Waals surface area (Å²) in [6, 6.07) is 7.13. The minimum Gasteiger partial charge on any atom is -0.493 e. The van der Waals surface area contributed by atoms with Crippen molar-refractivity contribution in [3.8, 4) is 5.75 Å². The Labute approximate surface area is 188 Å². The van der Waals surface area contributed by atoms with Crippen LogP contribution in [0.4, 0.5) is 5.69 Å². The van der Waals surface area contributed by atoms with Gasteiger partial charge in [-0.15, -0.1) is 0 Å². The molecular weight excluding hydrogens is 386 g/mol. The molecule has 2 aliphatic heterocycles. The Morgan fingerprint density at radius 2 is 2.03 bits per heavy atom. The second-order valence-electron chi connectivity index (χ2n) is 9.85. The smallest absolute Gasteiger partial charge is 0.227 e. The Hall–Kier alpha value is -1.59. The molecule has 1 unspecified atom stereocenters. The number of anilines is 1. The number of amides is 1. The fourth-order valence-corrected chi connectivity index (χ4v) is 5.15. The minimum absolute atomic E-state index is 0.253. The van der Waals surface area contributed by atoms with Crippen molar-refractivity contribution in [1.29, 1.82) is 0 Å². The van der Waals surface area contributed by atoms with Crippen LogP contribution in [0.25, 0.3) is 0 Å². The molecule has 5 heteroatoms. The molecule has 4 rings (SSSR count). The summed E-state index contributed by atoms with van der Waals surface area (Å²) in [5, 5.41) is 0. The molecule has 2 heterocycles. The van der Waals surface area contributed by atoms with Crippen LogP contribution in [0, 0.1) is 5.92 Å². The van der Waals surface area contributed by atoms with Crippen molar-refractivity contribution >= 4 is 11.6 Å². The van der Waals surface area contributed by atoms with Crippen LogP contribution in [-0.2, 0) is 11.3 Å². The van der Waals surface area contributed by atoms with Crippen LogP contribution in [0.3, 0.4) is 0 Å². The van der Waals surface area contributed by atoms with Crippen molar-refractivity contribution in [3.63, 3.8) is 0 Å². The van der Waals surface area contributed by atoms with Crippen LogP contribution >= 0.6 is 0 Å². The first-order valence-corrected chi connectivity index (χ1v) is 12.7. The van der Waals surface area contributed by atoms with E-state index >= 15 is 0 Å². The van der Waals surface area contributed by atoms with E-state index in [1.165, 1.54) is 50.8 Å². The standard InChI is InChI=1S/C26H41N3O2/c1-3-13-27(19-22-9-10-22)20-23-18-24(29-16-5-8-26(29)30)11-12-25(23)31-17-6-15-28-14-4-7-21(28)2/h11-12,18,21-22H,3-10,13-17,19-20H2,1-2H3. The van der Waals surface area contributed by atoms with Crippen LogP contribution in [0.2, 0.25) is 0 Å². The Balaban J connectivity index is 1.42. The number of ether oxygens (including phenoxy) is 1. The van der Waals surface area contributed by atoms with Gasteiger partial charge in [0, 0.05) is 49.9 Å². The average molecular weight is 428 g/mol. The normalized spacial score (nSPS) is 22.1. The first-order chi connectivity index (χ1) is 15.1. The van der Waals surface area contributed by atoms with Gasteiger partial charge in [-0.25, -0.2) is 0 Å². The van der Waals surface area contributed by atoms with E-state index in [0.717, 1.165) is 69.0 Å². The maximum Gasteiger partial charge on any atom is 0.227 e. The molecule has 3 aliphatic rings. The second kappa shape index (κ2) is 10.8. The number of rotatable bonds is 12. The van der Waals surface area contributed by atoms with Gasteiger partial charge in [0.05, 0.1) is 6.61 Å². The van der Waals surface area contributed by atoms with E-state index in [-0.39, 0.29) is 5.91 Å². The number of hydrogen-bond donors (Lipinski definition) is 0. The molecule has 1 aromatic rings. The molecule has 0 spiro atoms. The van der Waals surface area contributed by atoms with Crippen molar-refractivity contribution in [2.75, 3.05) is 44.2 Å². The van der Waals surface area contributed by atoms with Crippen molar-refractivity contribution in [1.82, 2.24) is 9.80 Å². The van der Waals surface area contributed by atoms with Crippen molar-refractivity contribution < 1.29 is 9.53 Å². The average Bonchev–Trinajstić information content (AvgIpc) is 3.32. The second-order valence-corrected chi connectivity index (χ2v) is 9.85. The van der Waals surface area contributed by atoms with Crippen LogP contribution < -0.4 is 9.64 Å². The molecule has 5 nitrogen and oxygen atoms in total. The van der Waals surface area contributed by atoms with Gasteiger partial charge in [-0.3, -0.25) is 9.69 Å². The monoisotopic (exact) mass is 427 g/mol. The Morgan fingerprint density at radius 3 is 2.71 bits per heavy atom. The van der Waals surface area contributed by atoms with Gasteiger partial charge in [-0.05, 0) is 89.1 Å². The predicted molar refractivity (Wildman–Crippen MR) is 127 cm³/mol. The number of carbonyl (C=O) groups is 1. The van der Waals surface area contributed by atoms with Gasteiger partial charge in [-0.2, -0.15) is 0 Å². The summed E-state index contributed by atoms with van der Waals surface area (Å²) >= 11 is 0. The van der Waals surface area contributed by atoms with E-state index in [0.29, 0.717) is 6.42 Å². The molecule has 0 radical (unpaired) electrons. The summed E-state index contributed by atoms with van der Waals surface area (Å²) < 4.78 is 6.32. The van der Waals surface area contributed by atoms with Gasteiger partial charge in [-0.1, -0.05) is 6.92 Å². The number of nitrogens with zero attached hydrogens (tertiary/aromatic N) is 3. The van der Waals surface area contributed by atoms with Gasteiger partial charge >= 0.3 is 0 Å². The number of likely N-dealkylation sites (tertiary alicyclic amines) is 1. The first-order valence-electron chi connectivity index (χ1n) is 12.7. The molecule has 0 N–H and O–H groups in total.